The van der Waals surface area contributed by atoms with Crippen LogP contribution in [-0.2, 0) is 9.59 Å². The minimum atomic E-state index is -0.295. The maximum atomic E-state index is 12.7. The summed E-state index contributed by atoms with van der Waals surface area (Å²) in [4.78, 5) is 40.6. The lowest BCUT2D eigenvalue weighted by Crippen LogP contribution is -2.24. The van der Waals surface area contributed by atoms with Crippen molar-refractivity contribution in [1.82, 2.24) is 4.98 Å². The second-order valence-electron chi connectivity index (χ2n) is 7.10. The Balaban J connectivity index is 1.68. The first-order valence-electron chi connectivity index (χ1n) is 10.2. The van der Waals surface area contributed by atoms with Gasteiger partial charge in [0.2, 0.25) is 11.8 Å². The SMILES string of the molecule is CCCC(=O)Nc1ccc2nc(S[C@@H](CC)C(=O)Nc3ccc(C(C)=O)cc3)sc2c1. The number of aromatic nitrogens is 1. The minimum Gasteiger partial charge on any atom is -0.326 e. The fraction of sp³-hybridized carbons (Fsp3) is 0.304. The third kappa shape index (κ3) is 6.15. The smallest absolute Gasteiger partial charge is 0.237 e. The van der Waals surface area contributed by atoms with Gasteiger partial charge in [0.15, 0.2) is 10.1 Å². The molecule has 3 rings (SSSR count). The number of thioether (sulfide) groups is 1. The number of carbonyl (C=O) groups excluding carboxylic acids is 3. The molecule has 2 amide bonds. The van der Waals surface area contributed by atoms with Crippen LogP contribution in [0.25, 0.3) is 10.2 Å². The van der Waals surface area contributed by atoms with Crippen LogP contribution in [-0.4, -0.2) is 27.8 Å². The average Bonchev–Trinajstić information content (AvgIpc) is 3.14. The number of hydrogen-bond donors (Lipinski definition) is 2. The predicted octanol–water partition coefficient (Wildman–Crippen LogP) is 5.75. The van der Waals surface area contributed by atoms with Crippen LogP contribution in [0.15, 0.2) is 46.8 Å². The monoisotopic (exact) mass is 455 g/mol. The van der Waals surface area contributed by atoms with Crippen molar-refractivity contribution in [1.29, 1.82) is 0 Å². The van der Waals surface area contributed by atoms with E-state index < -0.39 is 0 Å². The van der Waals surface area contributed by atoms with E-state index in [4.69, 9.17) is 0 Å². The lowest BCUT2D eigenvalue weighted by atomic mass is 10.1. The predicted molar refractivity (Wildman–Crippen MR) is 128 cm³/mol. The Kier molecular flexibility index (Phi) is 7.81. The number of nitrogens with one attached hydrogen (secondary N) is 2. The van der Waals surface area contributed by atoms with Gasteiger partial charge in [-0.25, -0.2) is 4.98 Å². The summed E-state index contributed by atoms with van der Waals surface area (Å²) < 4.78 is 1.77. The number of carbonyl (C=O) groups is 3. The van der Waals surface area contributed by atoms with Crippen molar-refractivity contribution < 1.29 is 14.4 Å². The van der Waals surface area contributed by atoms with Crippen LogP contribution in [0, 0.1) is 0 Å². The largest absolute Gasteiger partial charge is 0.326 e. The molecule has 2 N–H and O–H groups in total. The maximum absolute atomic E-state index is 12.7. The first-order valence-corrected chi connectivity index (χ1v) is 11.9. The lowest BCUT2D eigenvalue weighted by molar-refractivity contribution is -0.116. The number of benzene rings is 2. The number of Topliss-reactive ketones (excluding diaryl/α,β-unsaturated/α-hetero) is 1. The van der Waals surface area contributed by atoms with Gasteiger partial charge in [0.25, 0.3) is 0 Å². The second-order valence-corrected chi connectivity index (χ2v) is 9.58. The Morgan fingerprint density at radius 1 is 1.03 bits per heavy atom. The Bertz CT molecular complexity index is 1090. The van der Waals surface area contributed by atoms with Gasteiger partial charge in [-0.05, 0) is 62.2 Å². The Morgan fingerprint density at radius 2 is 1.74 bits per heavy atom. The molecule has 8 heteroatoms. The van der Waals surface area contributed by atoms with Crippen molar-refractivity contribution in [3.05, 3.63) is 48.0 Å². The summed E-state index contributed by atoms with van der Waals surface area (Å²) in [5.41, 5.74) is 2.87. The zero-order valence-electron chi connectivity index (χ0n) is 17.7. The molecule has 0 radical (unpaired) electrons. The van der Waals surface area contributed by atoms with Crippen LogP contribution in [0.4, 0.5) is 11.4 Å². The van der Waals surface area contributed by atoms with Crippen molar-refractivity contribution in [3.63, 3.8) is 0 Å². The summed E-state index contributed by atoms with van der Waals surface area (Å²) in [7, 11) is 0. The van der Waals surface area contributed by atoms with Gasteiger partial charge < -0.3 is 10.6 Å². The lowest BCUT2D eigenvalue weighted by Gasteiger charge is -2.13. The van der Waals surface area contributed by atoms with Gasteiger partial charge in [0, 0.05) is 23.4 Å². The molecule has 1 atom stereocenters. The number of fused-ring (bicyclic) bond motifs is 1. The summed E-state index contributed by atoms with van der Waals surface area (Å²) in [6, 6.07) is 12.5. The minimum absolute atomic E-state index is 0.0000161. The van der Waals surface area contributed by atoms with Crippen molar-refractivity contribution in [3.8, 4) is 0 Å². The van der Waals surface area contributed by atoms with Crippen LogP contribution in [0.1, 0.15) is 50.4 Å². The summed E-state index contributed by atoms with van der Waals surface area (Å²) in [6.45, 7) is 5.44. The third-order valence-corrected chi connectivity index (χ3v) is 7.07. The molecule has 0 aliphatic carbocycles. The van der Waals surface area contributed by atoms with E-state index >= 15 is 0 Å². The first-order chi connectivity index (χ1) is 14.9. The van der Waals surface area contributed by atoms with Crippen LogP contribution >= 0.6 is 23.1 Å². The molecule has 6 nitrogen and oxygen atoms in total. The van der Waals surface area contributed by atoms with Crippen LogP contribution < -0.4 is 10.6 Å². The molecule has 2 aromatic carbocycles. The highest BCUT2D eigenvalue weighted by atomic mass is 32.2. The normalized spacial score (nSPS) is 11.8. The molecule has 0 spiro atoms. The van der Waals surface area contributed by atoms with E-state index in [0.29, 0.717) is 24.1 Å². The molecule has 0 bridgehead atoms. The number of amides is 2. The van der Waals surface area contributed by atoms with E-state index in [9.17, 15) is 14.4 Å². The molecule has 1 heterocycles. The van der Waals surface area contributed by atoms with Gasteiger partial charge in [0.1, 0.15) is 0 Å². The third-order valence-electron chi connectivity index (χ3n) is 4.59. The molecular formula is C23H25N3O3S2. The zero-order chi connectivity index (χ0) is 22.4. The molecule has 0 saturated carbocycles. The van der Waals surface area contributed by atoms with Crippen molar-refractivity contribution in [2.75, 3.05) is 10.6 Å². The quantitative estimate of drug-likeness (QED) is 0.317. The molecule has 0 aliphatic heterocycles. The number of rotatable bonds is 9. The number of anilines is 2. The van der Waals surface area contributed by atoms with Crippen LogP contribution in [0.2, 0.25) is 0 Å². The molecule has 0 fully saturated rings. The number of thiazole rings is 1. The van der Waals surface area contributed by atoms with Gasteiger partial charge in [0.05, 0.1) is 15.5 Å². The van der Waals surface area contributed by atoms with Crippen molar-refractivity contribution >= 4 is 62.3 Å². The molecule has 1 aromatic heterocycles. The molecular weight excluding hydrogens is 430 g/mol. The van der Waals surface area contributed by atoms with E-state index in [-0.39, 0.29) is 22.8 Å². The van der Waals surface area contributed by atoms with E-state index in [1.165, 1.54) is 30.0 Å². The number of ketones is 1. The Morgan fingerprint density at radius 3 is 2.39 bits per heavy atom. The standard InChI is InChI=1S/C23H25N3O3S2/c1-4-6-21(28)24-17-11-12-18-20(13-17)31-23(26-18)30-19(5-2)22(29)25-16-9-7-15(8-10-16)14(3)27/h7-13,19H,4-6H2,1-3H3,(H,24,28)(H,25,29)/t19-/m0/s1. The van der Waals surface area contributed by atoms with Crippen molar-refractivity contribution in [2.45, 2.75) is 49.6 Å². The van der Waals surface area contributed by atoms with Gasteiger partial charge >= 0.3 is 0 Å². The fourth-order valence-electron chi connectivity index (χ4n) is 2.94. The summed E-state index contributed by atoms with van der Waals surface area (Å²) in [6.07, 6.45) is 1.94. The summed E-state index contributed by atoms with van der Waals surface area (Å²) >= 11 is 2.94. The highest BCUT2D eigenvalue weighted by molar-refractivity contribution is 8.02. The van der Waals surface area contributed by atoms with Gasteiger partial charge in [-0.1, -0.05) is 25.6 Å². The van der Waals surface area contributed by atoms with E-state index in [1.54, 1.807) is 24.3 Å². The topological polar surface area (TPSA) is 88.2 Å². The van der Waals surface area contributed by atoms with Crippen LogP contribution in [0.3, 0.4) is 0 Å². The molecule has 31 heavy (non-hydrogen) atoms. The Labute approximate surface area is 189 Å². The van der Waals surface area contributed by atoms with Gasteiger partial charge in [-0.15, -0.1) is 11.3 Å². The number of nitrogens with zero attached hydrogens (tertiary/aromatic N) is 1. The summed E-state index contributed by atoms with van der Waals surface area (Å²) in [5, 5.41) is 5.52. The fourth-order valence-corrected chi connectivity index (χ4v) is 5.21. The zero-order valence-corrected chi connectivity index (χ0v) is 19.4. The second kappa shape index (κ2) is 10.5. The highest BCUT2D eigenvalue weighted by Gasteiger charge is 2.20. The molecule has 0 aliphatic rings. The molecule has 3 aromatic rings. The highest BCUT2D eigenvalue weighted by Crippen LogP contribution is 2.34. The molecule has 0 unspecified atom stereocenters. The maximum Gasteiger partial charge on any atom is 0.237 e. The van der Waals surface area contributed by atoms with E-state index in [1.807, 2.05) is 32.0 Å². The summed E-state index contributed by atoms with van der Waals surface area (Å²) in [5.74, 6) is -0.112. The van der Waals surface area contributed by atoms with Gasteiger partial charge in [-0.2, -0.15) is 0 Å². The van der Waals surface area contributed by atoms with Crippen LogP contribution in [0.5, 0.6) is 0 Å². The van der Waals surface area contributed by atoms with Crippen molar-refractivity contribution in [2.24, 2.45) is 0 Å². The first kappa shape index (κ1) is 23.0. The molecule has 0 saturated heterocycles. The average molecular weight is 456 g/mol. The Hall–Kier alpha value is -2.71. The van der Waals surface area contributed by atoms with Gasteiger partial charge in [-0.3, -0.25) is 14.4 Å². The van der Waals surface area contributed by atoms with E-state index in [2.05, 4.69) is 15.6 Å². The van der Waals surface area contributed by atoms with E-state index in [0.717, 1.165) is 26.7 Å². The molecule has 162 valence electrons. The number of hydrogen-bond acceptors (Lipinski definition) is 6.